The standard InChI is InChI=1S/C8H11NO.C2H6/c1-5-6(2)8(4-10)9-7(5)3;1-2/h4,9H,1-3H3;1-2H3. The van der Waals surface area contributed by atoms with E-state index < -0.39 is 0 Å². The molecule has 1 rings (SSSR count). The maximum absolute atomic E-state index is 10.4. The first-order valence-corrected chi connectivity index (χ1v) is 4.27. The maximum Gasteiger partial charge on any atom is 0.166 e. The fraction of sp³-hybridized carbons (Fsp3) is 0.500. The molecular formula is C10H17NO. The third-order valence-corrected chi connectivity index (χ3v) is 1.97. The van der Waals surface area contributed by atoms with E-state index in [0.29, 0.717) is 5.69 Å². The summed E-state index contributed by atoms with van der Waals surface area (Å²) in [7, 11) is 0. The SMILES string of the molecule is CC.Cc1[nH]c(C=O)c(C)c1C. The minimum atomic E-state index is 0.704. The van der Waals surface area contributed by atoms with Crippen molar-refractivity contribution in [2.24, 2.45) is 0 Å². The lowest BCUT2D eigenvalue weighted by Crippen LogP contribution is -1.81. The van der Waals surface area contributed by atoms with Crippen molar-refractivity contribution in [3.8, 4) is 0 Å². The Hall–Kier alpha value is -1.05. The summed E-state index contributed by atoms with van der Waals surface area (Å²) in [6.45, 7) is 9.92. The molecule has 0 saturated heterocycles. The van der Waals surface area contributed by atoms with Crippen LogP contribution in [-0.4, -0.2) is 11.3 Å². The topological polar surface area (TPSA) is 32.9 Å². The molecule has 0 fully saturated rings. The molecule has 0 spiro atoms. The zero-order valence-electron chi connectivity index (χ0n) is 8.49. The van der Waals surface area contributed by atoms with Crippen molar-refractivity contribution in [3.05, 3.63) is 22.5 Å². The Morgan fingerprint density at radius 3 is 1.75 bits per heavy atom. The zero-order chi connectivity index (χ0) is 9.72. The van der Waals surface area contributed by atoms with Gasteiger partial charge < -0.3 is 4.98 Å². The Kier molecular flexibility index (Phi) is 4.34. The Morgan fingerprint density at radius 2 is 1.58 bits per heavy atom. The summed E-state index contributed by atoms with van der Waals surface area (Å²) in [5.74, 6) is 0. The van der Waals surface area contributed by atoms with Crippen LogP contribution < -0.4 is 0 Å². The summed E-state index contributed by atoms with van der Waals surface area (Å²) in [6, 6.07) is 0. The molecule has 12 heavy (non-hydrogen) atoms. The minimum Gasteiger partial charge on any atom is -0.356 e. The first-order chi connectivity index (χ1) is 5.66. The molecule has 68 valence electrons. The second-order valence-corrected chi connectivity index (χ2v) is 2.53. The summed E-state index contributed by atoms with van der Waals surface area (Å²) in [6.07, 6.45) is 0.856. The van der Waals surface area contributed by atoms with Crippen molar-refractivity contribution >= 4 is 6.29 Å². The molecule has 0 bridgehead atoms. The van der Waals surface area contributed by atoms with Gasteiger partial charge in [0.25, 0.3) is 0 Å². The number of carbonyl (C=O) groups excluding carboxylic acids is 1. The molecule has 0 saturated carbocycles. The van der Waals surface area contributed by atoms with Crippen molar-refractivity contribution in [3.63, 3.8) is 0 Å². The molecule has 0 aliphatic heterocycles. The monoisotopic (exact) mass is 167 g/mol. The third-order valence-electron chi connectivity index (χ3n) is 1.97. The summed E-state index contributed by atoms with van der Waals surface area (Å²) in [5, 5.41) is 0. The number of aromatic nitrogens is 1. The summed E-state index contributed by atoms with van der Waals surface area (Å²) in [4.78, 5) is 13.4. The molecule has 2 heteroatoms. The van der Waals surface area contributed by atoms with Gasteiger partial charge in [0.05, 0.1) is 5.69 Å². The van der Waals surface area contributed by atoms with E-state index in [1.807, 2.05) is 34.6 Å². The molecule has 1 aromatic heterocycles. The van der Waals surface area contributed by atoms with Crippen LogP contribution in [0, 0.1) is 20.8 Å². The molecule has 0 aliphatic rings. The lowest BCUT2D eigenvalue weighted by atomic mass is 10.2. The van der Waals surface area contributed by atoms with E-state index in [4.69, 9.17) is 0 Å². The zero-order valence-corrected chi connectivity index (χ0v) is 8.49. The molecule has 1 aromatic rings. The number of hydrogen-bond acceptors (Lipinski definition) is 1. The van der Waals surface area contributed by atoms with Crippen LogP contribution in [-0.2, 0) is 0 Å². The van der Waals surface area contributed by atoms with Gasteiger partial charge in [-0.2, -0.15) is 0 Å². The van der Waals surface area contributed by atoms with Gasteiger partial charge in [-0.05, 0) is 31.9 Å². The molecule has 0 radical (unpaired) electrons. The number of aldehydes is 1. The van der Waals surface area contributed by atoms with Gasteiger partial charge in [-0.3, -0.25) is 4.79 Å². The molecular weight excluding hydrogens is 150 g/mol. The number of aryl methyl sites for hydroxylation is 1. The highest BCUT2D eigenvalue weighted by molar-refractivity contribution is 5.75. The largest absolute Gasteiger partial charge is 0.356 e. The molecule has 1 heterocycles. The van der Waals surface area contributed by atoms with Crippen LogP contribution in [0.3, 0.4) is 0 Å². The third kappa shape index (κ3) is 1.97. The number of hydrogen-bond donors (Lipinski definition) is 1. The van der Waals surface area contributed by atoms with Gasteiger partial charge in [0, 0.05) is 5.69 Å². The molecule has 0 aromatic carbocycles. The maximum atomic E-state index is 10.4. The van der Waals surface area contributed by atoms with Crippen molar-refractivity contribution in [1.29, 1.82) is 0 Å². The number of carbonyl (C=O) groups is 1. The highest BCUT2D eigenvalue weighted by Gasteiger charge is 2.04. The lowest BCUT2D eigenvalue weighted by molar-refractivity contribution is 0.111. The number of aromatic amines is 1. The average molecular weight is 167 g/mol. The van der Waals surface area contributed by atoms with E-state index in [0.717, 1.165) is 17.5 Å². The number of rotatable bonds is 1. The fourth-order valence-electron chi connectivity index (χ4n) is 0.991. The number of nitrogens with one attached hydrogen (secondary N) is 1. The van der Waals surface area contributed by atoms with Crippen LogP contribution in [0.25, 0.3) is 0 Å². The van der Waals surface area contributed by atoms with Gasteiger partial charge in [-0.1, -0.05) is 13.8 Å². The van der Waals surface area contributed by atoms with Crippen LogP contribution in [0.4, 0.5) is 0 Å². The second kappa shape index (κ2) is 4.75. The fourth-order valence-corrected chi connectivity index (χ4v) is 0.991. The minimum absolute atomic E-state index is 0.704. The Labute approximate surface area is 74.0 Å². The first kappa shape index (κ1) is 11.0. The van der Waals surface area contributed by atoms with E-state index >= 15 is 0 Å². The van der Waals surface area contributed by atoms with Crippen LogP contribution in [0.2, 0.25) is 0 Å². The molecule has 0 atom stereocenters. The predicted molar refractivity (Wildman–Crippen MR) is 51.7 cm³/mol. The van der Waals surface area contributed by atoms with Crippen molar-refractivity contribution in [2.45, 2.75) is 34.6 Å². The summed E-state index contributed by atoms with van der Waals surface area (Å²) >= 11 is 0. The molecule has 0 aliphatic carbocycles. The highest BCUT2D eigenvalue weighted by atomic mass is 16.1. The Bertz CT molecular complexity index is 261. The Balaban J connectivity index is 0.000000561. The van der Waals surface area contributed by atoms with E-state index in [1.165, 1.54) is 5.56 Å². The van der Waals surface area contributed by atoms with Crippen molar-refractivity contribution in [1.82, 2.24) is 4.98 Å². The smallest absolute Gasteiger partial charge is 0.166 e. The van der Waals surface area contributed by atoms with E-state index in [2.05, 4.69) is 4.98 Å². The lowest BCUT2D eigenvalue weighted by Gasteiger charge is -1.87. The van der Waals surface area contributed by atoms with Crippen LogP contribution >= 0.6 is 0 Å². The predicted octanol–water partition coefficient (Wildman–Crippen LogP) is 2.78. The Morgan fingerprint density at radius 1 is 1.08 bits per heavy atom. The average Bonchev–Trinajstić information content (AvgIpc) is 2.36. The molecule has 0 unspecified atom stereocenters. The van der Waals surface area contributed by atoms with Gasteiger partial charge in [0.2, 0.25) is 0 Å². The van der Waals surface area contributed by atoms with Gasteiger partial charge in [-0.15, -0.1) is 0 Å². The first-order valence-electron chi connectivity index (χ1n) is 4.27. The van der Waals surface area contributed by atoms with E-state index in [-0.39, 0.29) is 0 Å². The van der Waals surface area contributed by atoms with Crippen LogP contribution in [0.5, 0.6) is 0 Å². The summed E-state index contributed by atoms with van der Waals surface area (Å²) in [5.41, 5.74) is 4.03. The van der Waals surface area contributed by atoms with Gasteiger partial charge in [-0.25, -0.2) is 0 Å². The van der Waals surface area contributed by atoms with Gasteiger partial charge in [0.1, 0.15) is 0 Å². The van der Waals surface area contributed by atoms with Crippen LogP contribution in [0.1, 0.15) is 41.2 Å². The molecule has 2 nitrogen and oxygen atoms in total. The quantitative estimate of drug-likeness (QED) is 0.641. The number of H-pyrrole nitrogens is 1. The van der Waals surface area contributed by atoms with Gasteiger partial charge in [0.15, 0.2) is 6.29 Å². The van der Waals surface area contributed by atoms with Crippen LogP contribution in [0.15, 0.2) is 0 Å². The van der Waals surface area contributed by atoms with E-state index in [1.54, 1.807) is 0 Å². The normalized spacial score (nSPS) is 8.75. The highest BCUT2D eigenvalue weighted by Crippen LogP contribution is 2.13. The van der Waals surface area contributed by atoms with E-state index in [9.17, 15) is 4.79 Å². The summed E-state index contributed by atoms with van der Waals surface area (Å²) < 4.78 is 0. The van der Waals surface area contributed by atoms with Gasteiger partial charge >= 0.3 is 0 Å². The van der Waals surface area contributed by atoms with Crippen molar-refractivity contribution < 1.29 is 4.79 Å². The molecule has 0 amide bonds. The second-order valence-electron chi connectivity index (χ2n) is 2.53. The van der Waals surface area contributed by atoms with Crippen molar-refractivity contribution in [2.75, 3.05) is 0 Å². The molecule has 1 N–H and O–H groups in total.